The Labute approximate surface area is 136 Å². The first-order valence-electron chi connectivity index (χ1n) is 6.64. The van der Waals surface area contributed by atoms with E-state index in [-0.39, 0.29) is 17.2 Å². The van der Waals surface area contributed by atoms with Crippen LogP contribution in [0.25, 0.3) is 0 Å². The summed E-state index contributed by atoms with van der Waals surface area (Å²) < 4.78 is 14.8. The van der Waals surface area contributed by atoms with Gasteiger partial charge in [-0.05, 0) is 51.1 Å². The minimum Gasteiger partial charge on any atom is -0.507 e. The van der Waals surface area contributed by atoms with Crippen LogP contribution in [0.4, 0.5) is 4.39 Å². The van der Waals surface area contributed by atoms with Crippen molar-refractivity contribution in [1.82, 2.24) is 4.98 Å². The van der Waals surface area contributed by atoms with Gasteiger partial charge in [0.15, 0.2) is 5.82 Å². The van der Waals surface area contributed by atoms with Crippen molar-refractivity contribution in [3.05, 3.63) is 58.1 Å². The van der Waals surface area contributed by atoms with E-state index in [9.17, 15) is 9.50 Å². The van der Waals surface area contributed by atoms with Crippen molar-refractivity contribution in [1.29, 1.82) is 0 Å². The first kappa shape index (κ1) is 16.4. The predicted molar refractivity (Wildman–Crippen MR) is 86.5 cm³/mol. The fourth-order valence-electron chi connectivity index (χ4n) is 1.66. The van der Waals surface area contributed by atoms with E-state index in [1.807, 2.05) is 20.8 Å². The number of oxime groups is 1. The standard InChI is InChI=1S/C16H16BrFN2O2/c1-16(2,3)22-20-14(15-12(18)5-4-8-19-15)11-9-10(17)6-7-13(11)21/h4-9,21H,1-3H3/b20-14-. The van der Waals surface area contributed by atoms with Gasteiger partial charge < -0.3 is 9.94 Å². The van der Waals surface area contributed by atoms with Gasteiger partial charge in [0.1, 0.15) is 22.8 Å². The van der Waals surface area contributed by atoms with Gasteiger partial charge in [-0.1, -0.05) is 21.1 Å². The zero-order valence-electron chi connectivity index (χ0n) is 12.5. The van der Waals surface area contributed by atoms with E-state index in [0.29, 0.717) is 5.56 Å². The average Bonchev–Trinajstić information content (AvgIpc) is 2.43. The lowest BCUT2D eigenvalue weighted by Gasteiger charge is -2.17. The summed E-state index contributed by atoms with van der Waals surface area (Å²) in [4.78, 5) is 9.42. The number of hydrogen-bond donors (Lipinski definition) is 1. The van der Waals surface area contributed by atoms with Crippen molar-refractivity contribution < 1.29 is 14.3 Å². The molecule has 2 aromatic rings. The molecule has 0 saturated carbocycles. The number of benzene rings is 1. The van der Waals surface area contributed by atoms with Gasteiger partial charge >= 0.3 is 0 Å². The van der Waals surface area contributed by atoms with Gasteiger partial charge in [0.2, 0.25) is 0 Å². The fourth-order valence-corrected chi connectivity index (χ4v) is 2.02. The van der Waals surface area contributed by atoms with Gasteiger partial charge in [-0.2, -0.15) is 0 Å². The predicted octanol–water partition coefficient (Wildman–Crippen LogP) is 4.26. The Hall–Kier alpha value is -1.95. The molecule has 0 aliphatic carbocycles. The summed E-state index contributed by atoms with van der Waals surface area (Å²) in [7, 11) is 0. The van der Waals surface area contributed by atoms with Crippen molar-refractivity contribution >= 4 is 21.6 Å². The monoisotopic (exact) mass is 366 g/mol. The second-order valence-corrected chi connectivity index (χ2v) is 6.55. The Morgan fingerprint density at radius 3 is 2.68 bits per heavy atom. The van der Waals surface area contributed by atoms with E-state index in [4.69, 9.17) is 4.84 Å². The highest BCUT2D eigenvalue weighted by Gasteiger charge is 2.20. The van der Waals surface area contributed by atoms with E-state index in [1.54, 1.807) is 12.1 Å². The number of rotatable bonds is 3. The first-order chi connectivity index (χ1) is 10.3. The van der Waals surface area contributed by atoms with Crippen LogP contribution < -0.4 is 0 Å². The largest absolute Gasteiger partial charge is 0.507 e. The molecule has 0 fully saturated rings. The Balaban J connectivity index is 2.61. The molecule has 1 heterocycles. The second kappa shape index (κ2) is 6.44. The maximum atomic E-state index is 14.1. The average molecular weight is 367 g/mol. The van der Waals surface area contributed by atoms with Gasteiger partial charge in [0.25, 0.3) is 0 Å². The topological polar surface area (TPSA) is 54.7 Å². The molecule has 0 radical (unpaired) electrons. The summed E-state index contributed by atoms with van der Waals surface area (Å²) in [6.07, 6.45) is 1.46. The molecule has 6 heteroatoms. The third-order valence-electron chi connectivity index (χ3n) is 2.61. The molecule has 0 spiro atoms. The molecule has 0 aliphatic heterocycles. The van der Waals surface area contributed by atoms with Gasteiger partial charge in [0, 0.05) is 16.2 Å². The van der Waals surface area contributed by atoms with E-state index in [2.05, 4.69) is 26.1 Å². The molecule has 2 rings (SSSR count). The minimum absolute atomic E-state index is 0.0140. The van der Waals surface area contributed by atoms with Crippen molar-refractivity contribution in [3.8, 4) is 5.75 Å². The van der Waals surface area contributed by atoms with Crippen molar-refractivity contribution in [2.45, 2.75) is 26.4 Å². The first-order valence-corrected chi connectivity index (χ1v) is 7.43. The Bertz CT molecular complexity index is 712. The van der Waals surface area contributed by atoms with Crippen LogP contribution >= 0.6 is 15.9 Å². The van der Waals surface area contributed by atoms with Crippen LogP contribution in [0.3, 0.4) is 0 Å². The van der Waals surface area contributed by atoms with Crippen LogP contribution in [-0.2, 0) is 4.84 Å². The molecule has 0 saturated heterocycles. The Morgan fingerprint density at radius 1 is 1.32 bits per heavy atom. The molecule has 0 atom stereocenters. The summed E-state index contributed by atoms with van der Waals surface area (Å²) in [5.74, 6) is -0.581. The van der Waals surface area contributed by atoms with E-state index >= 15 is 0 Å². The zero-order valence-corrected chi connectivity index (χ0v) is 14.1. The molecule has 0 amide bonds. The summed E-state index contributed by atoms with van der Waals surface area (Å²) in [6.45, 7) is 5.47. The molecule has 1 N–H and O–H groups in total. The summed E-state index contributed by atoms with van der Waals surface area (Å²) >= 11 is 3.33. The number of hydrogen-bond acceptors (Lipinski definition) is 4. The molecule has 0 aliphatic rings. The normalized spacial score (nSPS) is 12.3. The van der Waals surface area contributed by atoms with E-state index in [1.165, 1.54) is 24.4 Å². The number of aromatic nitrogens is 1. The lowest BCUT2D eigenvalue weighted by Crippen LogP contribution is -2.18. The molecule has 1 aromatic heterocycles. The van der Waals surface area contributed by atoms with Gasteiger partial charge in [-0.25, -0.2) is 4.39 Å². The molecule has 0 unspecified atom stereocenters. The summed E-state index contributed by atoms with van der Waals surface area (Å²) in [5.41, 5.74) is -0.0822. The number of aromatic hydroxyl groups is 1. The number of phenolic OH excluding ortho intramolecular Hbond substituents is 1. The molecular formula is C16H16BrFN2O2. The second-order valence-electron chi connectivity index (χ2n) is 5.64. The molecule has 22 heavy (non-hydrogen) atoms. The smallest absolute Gasteiger partial charge is 0.151 e. The van der Waals surface area contributed by atoms with Crippen LogP contribution in [0, 0.1) is 5.82 Å². The van der Waals surface area contributed by atoms with Gasteiger partial charge in [-0.3, -0.25) is 4.98 Å². The highest BCUT2D eigenvalue weighted by atomic mass is 79.9. The lowest BCUT2D eigenvalue weighted by atomic mass is 10.1. The van der Waals surface area contributed by atoms with Gasteiger partial charge in [-0.15, -0.1) is 0 Å². The Kier molecular flexibility index (Phi) is 4.81. The fraction of sp³-hybridized carbons (Fsp3) is 0.250. The summed E-state index contributed by atoms with van der Waals surface area (Å²) in [5, 5.41) is 14.1. The van der Waals surface area contributed by atoms with E-state index < -0.39 is 11.4 Å². The van der Waals surface area contributed by atoms with Gasteiger partial charge in [0.05, 0.1) is 0 Å². The van der Waals surface area contributed by atoms with Crippen molar-refractivity contribution in [3.63, 3.8) is 0 Å². The van der Waals surface area contributed by atoms with Crippen LogP contribution in [0.5, 0.6) is 5.75 Å². The number of halogens is 2. The maximum Gasteiger partial charge on any atom is 0.151 e. The van der Waals surface area contributed by atoms with Crippen molar-refractivity contribution in [2.24, 2.45) is 5.16 Å². The SMILES string of the molecule is CC(C)(C)O/N=C(/c1cc(Br)ccc1O)c1ncccc1F. The third-order valence-corrected chi connectivity index (χ3v) is 3.10. The maximum absolute atomic E-state index is 14.1. The van der Waals surface area contributed by atoms with E-state index in [0.717, 1.165) is 4.47 Å². The molecule has 116 valence electrons. The highest BCUT2D eigenvalue weighted by Crippen LogP contribution is 2.26. The van der Waals surface area contributed by atoms with Crippen LogP contribution in [-0.4, -0.2) is 21.4 Å². The number of pyridine rings is 1. The lowest BCUT2D eigenvalue weighted by molar-refractivity contribution is 0.00108. The Morgan fingerprint density at radius 2 is 2.05 bits per heavy atom. The summed E-state index contributed by atoms with van der Waals surface area (Å²) in [6, 6.07) is 7.57. The van der Waals surface area contributed by atoms with Crippen LogP contribution in [0.2, 0.25) is 0 Å². The van der Waals surface area contributed by atoms with Crippen LogP contribution in [0.15, 0.2) is 46.2 Å². The molecule has 4 nitrogen and oxygen atoms in total. The number of phenols is 1. The van der Waals surface area contributed by atoms with Crippen molar-refractivity contribution in [2.75, 3.05) is 0 Å². The number of nitrogens with zero attached hydrogens (tertiary/aromatic N) is 2. The molecular weight excluding hydrogens is 351 g/mol. The third kappa shape index (κ3) is 4.04. The highest BCUT2D eigenvalue weighted by molar-refractivity contribution is 9.10. The zero-order chi connectivity index (χ0) is 16.3. The molecule has 1 aromatic carbocycles. The quantitative estimate of drug-likeness (QED) is 0.652. The minimum atomic E-state index is -0.557. The van der Waals surface area contributed by atoms with Crippen LogP contribution in [0.1, 0.15) is 32.0 Å². The molecule has 0 bridgehead atoms.